The number of carbonyl (C=O) groups excluding carboxylic acids is 3. The van der Waals surface area contributed by atoms with E-state index in [1.54, 1.807) is 66.7 Å². The van der Waals surface area contributed by atoms with Crippen LogP contribution < -0.4 is 25.4 Å². The Bertz CT molecular complexity index is 2390. The molecule has 6 rings (SSSR count). The average molecular weight is 765 g/mol. The summed E-state index contributed by atoms with van der Waals surface area (Å²) in [5, 5.41) is 20.4. The van der Waals surface area contributed by atoms with Gasteiger partial charge in [-0.2, -0.15) is 5.26 Å². The van der Waals surface area contributed by atoms with Crippen molar-refractivity contribution in [1.29, 1.82) is 5.26 Å². The second-order valence-electron chi connectivity index (χ2n) is 12.2. The zero-order valence-corrected chi connectivity index (χ0v) is 31.8. The fraction of sp³-hybridized carbons (Fsp3) is 0.0909. The van der Waals surface area contributed by atoms with E-state index in [0.29, 0.717) is 43.8 Å². The summed E-state index contributed by atoms with van der Waals surface area (Å²) >= 11 is 2.61. The van der Waals surface area contributed by atoms with Crippen molar-refractivity contribution < 1.29 is 23.9 Å². The van der Waals surface area contributed by atoms with Gasteiger partial charge in [-0.3, -0.25) is 14.4 Å². The number of nitrogens with zero attached hydrogens (tertiary/aromatic N) is 1. The number of nitrogens with one attached hydrogen (secondary N) is 3. The standard InChI is InChI=1S/C44H36N4O5S2/c1-28-17-19-29(20-18-28)37-27-54-44(36(37)26-45)48-43(51)40(30-11-6-4-7-12-30)55-35-16-10-15-33(25-35)46-42(50)38(47-41(49)31-13-8-5-9-14-31)24-32-23-34(52-2)21-22-39(32)53-3/h4-25,27,40H,1-3H3,(H,46,50)(H,47,49)(H,48,51)/b38-24+. The lowest BCUT2D eigenvalue weighted by atomic mass is 10.0. The topological polar surface area (TPSA) is 130 Å². The Hall–Kier alpha value is -6.61. The number of thioether (sulfide) groups is 1. The third-order valence-corrected chi connectivity index (χ3v) is 10.6. The highest BCUT2D eigenvalue weighted by molar-refractivity contribution is 8.00. The summed E-state index contributed by atoms with van der Waals surface area (Å²) < 4.78 is 10.9. The molecule has 0 spiro atoms. The number of ether oxygens (including phenoxy) is 2. The number of amides is 3. The van der Waals surface area contributed by atoms with Crippen LogP contribution in [0.3, 0.4) is 0 Å². The average Bonchev–Trinajstić information content (AvgIpc) is 3.62. The number of anilines is 2. The molecule has 0 saturated carbocycles. The van der Waals surface area contributed by atoms with E-state index < -0.39 is 17.1 Å². The molecule has 3 N–H and O–H groups in total. The van der Waals surface area contributed by atoms with Crippen LogP contribution >= 0.6 is 23.1 Å². The molecular weight excluding hydrogens is 729 g/mol. The molecule has 274 valence electrons. The van der Waals surface area contributed by atoms with Crippen LogP contribution in [0.1, 0.15) is 37.9 Å². The Balaban J connectivity index is 1.26. The van der Waals surface area contributed by atoms with Crippen LogP contribution in [0.2, 0.25) is 0 Å². The van der Waals surface area contributed by atoms with Crippen molar-refractivity contribution in [3.8, 4) is 28.7 Å². The number of hydrogen-bond acceptors (Lipinski definition) is 8. The van der Waals surface area contributed by atoms with Gasteiger partial charge in [-0.1, -0.05) is 84.4 Å². The molecule has 0 aliphatic heterocycles. The van der Waals surface area contributed by atoms with Crippen molar-refractivity contribution in [3.63, 3.8) is 0 Å². The van der Waals surface area contributed by atoms with Crippen molar-refractivity contribution in [2.75, 3.05) is 24.9 Å². The van der Waals surface area contributed by atoms with Gasteiger partial charge in [0.15, 0.2) is 0 Å². The minimum absolute atomic E-state index is 0.0331. The van der Waals surface area contributed by atoms with Crippen LogP contribution in [-0.2, 0) is 9.59 Å². The van der Waals surface area contributed by atoms with Crippen molar-refractivity contribution in [2.45, 2.75) is 17.1 Å². The maximum absolute atomic E-state index is 14.0. The Morgan fingerprint density at radius 2 is 1.55 bits per heavy atom. The van der Waals surface area contributed by atoms with Crippen molar-refractivity contribution in [2.24, 2.45) is 0 Å². The highest BCUT2D eigenvalue weighted by atomic mass is 32.2. The molecule has 6 aromatic rings. The summed E-state index contributed by atoms with van der Waals surface area (Å²) in [5.41, 5.74) is 5.21. The molecule has 0 aliphatic rings. The van der Waals surface area contributed by atoms with Crippen LogP contribution in [0.5, 0.6) is 11.5 Å². The largest absolute Gasteiger partial charge is 0.497 e. The van der Waals surface area contributed by atoms with Crippen molar-refractivity contribution in [3.05, 3.63) is 166 Å². The van der Waals surface area contributed by atoms with E-state index in [-0.39, 0.29) is 11.6 Å². The summed E-state index contributed by atoms with van der Waals surface area (Å²) in [6, 6.07) is 40.4. The second-order valence-corrected chi connectivity index (χ2v) is 14.3. The lowest BCUT2D eigenvalue weighted by molar-refractivity contribution is -0.116. The van der Waals surface area contributed by atoms with Crippen molar-refractivity contribution in [1.82, 2.24) is 5.32 Å². The molecular formula is C44H36N4O5S2. The van der Waals surface area contributed by atoms with E-state index in [1.807, 2.05) is 73.0 Å². The van der Waals surface area contributed by atoms with Gasteiger partial charge < -0.3 is 25.4 Å². The third kappa shape index (κ3) is 9.50. The summed E-state index contributed by atoms with van der Waals surface area (Å²) in [5.74, 6) is -0.349. The van der Waals surface area contributed by atoms with Crippen LogP contribution in [-0.4, -0.2) is 31.9 Å². The molecule has 0 radical (unpaired) electrons. The number of carbonyl (C=O) groups is 3. The molecule has 55 heavy (non-hydrogen) atoms. The number of aryl methyl sites for hydroxylation is 1. The summed E-state index contributed by atoms with van der Waals surface area (Å²) in [7, 11) is 3.05. The van der Waals surface area contributed by atoms with Crippen LogP contribution in [0.4, 0.5) is 10.7 Å². The van der Waals surface area contributed by atoms with Gasteiger partial charge in [-0.25, -0.2) is 0 Å². The first kappa shape index (κ1) is 38.1. The quantitative estimate of drug-likeness (QED) is 0.0789. The van der Waals surface area contributed by atoms with Gasteiger partial charge >= 0.3 is 0 Å². The predicted octanol–water partition coefficient (Wildman–Crippen LogP) is 9.49. The van der Waals surface area contributed by atoms with Crippen LogP contribution in [0, 0.1) is 18.3 Å². The number of hydrogen-bond donors (Lipinski definition) is 3. The van der Waals surface area contributed by atoms with Gasteiger partial charge in [0.2, 0.25) is 5.91 Å². The fourth-order valence-corrected chi connectivity index (χ4v) is 7.62. The van der Waals surface area contributed by atoms with E-state index >= 15 is 0 Å². The predicted molar refractivity (Wildman–Crippen MR) is 219 cm³/mol. The van der Waals surface area contributed by atoms with Crippen LogP contribution in [0.15, 0.2) is 143 Å². The van der Waals surface area contributed by atoms with E-state index in [1.165, 1.54) is 43.4 Å². The molecule has 1 aromatic heterocycles. The maximum Gasteiger partial charge on any atom is 0.272 e. The summed E-state index contributed by atoms with van der Waals surface area (Å²) in [4.78, 5) is 41.9. The number of rotatable bonds is 13. The molecule has 1 atom stereocenters. The van der Waals surface area contributed by atoms with Gasteiger partial charge in [0.1, 0.15) is 33.5 Å². The molecule has 9 nitrogen and oxygen atoms in total. The van der Waals surface area contributed by atoms with Gasteiger partial charge in [-0.05, 0) is 72.7 Å². The molecule has 11 heteroatoms. The Labute approximate surface area is 327 Å². The highest BCUT2D eigenvalue weighted by Gasteiger charge is 2.25. The Kier molecular flexibility index (Phi) is 12.4. The lowest BCUT2D eigenvalue weighted by Crippen LogP contribution is -2.30. The minimum Gasteiger partial charge on any atom is -0.497 e. The number of nitriles is 1. The zero-order valence-electron chi connectivity index (χ0n) is 30.2. The van der Waals surface area contributed by atoms with E-state index in [0.717, 1.165) is 22.3 Å². The zero-order chi connectivity index (χ0) is 38.7. The molecule has 5 aromatic carbocycles. The normalized spacial score (nSPS) is 11.5. The first-order valence-electron chi connectivity index (χ1n) is 17.1. The van der Waals surface area contributed by atoms with E-state index in [4.69, 9.17) is 9.47 Å². The smallest absolute Gasteiger partial charge is 0.272 e. The van der Waals surface area contributed by atoms with E-state index in [9.17, 15) is 19.6 Å². The highest BCUT2D eigenvalue weighted by Crippen LogP contribution is 2.40. The lowest BCUT2D eigenvalue weighted by Gasteiger charge is -2.18. The van der Waals surface area contributed by atoms with Crippen LogP contribution in [0.25, 0.3) is 17.2 Å². The molecule has 0 aliphatic carbocycles. The Morgan fingerprint density at radius 3 is 2.24 bits per heavy atom. The fourth-order valence-electron chi connectivity index (χ4n) is 5.62. The SMILES string of the molecule is COc1ccc(OC)c(/C=C(/NC(=O)c2ccccc2)C(=O)Nc2cccc(SC(C(=O)Nc3scc(-c4ccc(C)cc4)c3C#N)c3ccccc3)c2)c1. The van der Waals surface area contributed by atoms with Gasteiger partial charge in [0, 0.05) is 32.7 Å². The molecule has 1 heterocycles. The van der Waals surface area contributed by atoms with Gasteiger partial charge in [0.25, 0.3) is 11.8 Å². The first-order chi connectivity index (χ1) is 26.8. The molecule has 3 amide bonds. The summed E-state index contributed by atoms with van der Waals surface area (Å²) in [6.07, 6.45) is 1.52. The first-order valence-corrected chi connectivity index (χ1v) is 18.8. The molecule has 0 bridgehead atoms. The molecule has 0 saturated heterocycles. The van der Waals surface area contributed by atoms with E-state index in [2.05, 4.69) is 22.0 Å². The monoisotopic (exact) mass is 764 g/mol. The third-order valence-electron chi connectivity index (χ3n) is 8.45. The number of benzene rings is 5. The maximum atomic E-state index is 14.0. The molecule has 0 fully saturated rings. The Morgan fingerprint density at radius 1 is 0.818 bits per heavy atom. The number of thiophene rings is 1. The molecule has 1 unspecified atom stereocenters. The van der Waals surface area contributed by atoms with Gasteiger partial charge in [0.05, 0.1) is 19.8 Å². The van der Waals surface area contributed by atoms with Crippen molar-refractivity contribution >= 4 is 57.6 Å². The summed E-state index contributed by atoms with van der Waals surface area (Å²) in [6.45, 7) is 2.00. The number of methoxy groups -OCH3 is 2. The minimum atomic E-state index is -0.704. The second kappa shape index (κ2) is 17.9. The van der Waals surface area contributed by atoms with Gasteiger partial charge in [-0.15, -0.1) is 23.1 Å².